The fourth-order valence-corrected chi connectivity index (χ4v) is 5.77. The largest absolute Gasteiger partial charge is 0.354 e. The van der Waals surface area contributed by atoms with Crippen LogP contribution in [0.15, 0.2) is 59.5 Å². The van der Waals surface area contributed by atoms with Crippen molar-refractivity contribution in [1.29, 1.82) is 0 Å². The third-order valence-corrected chi connectivity index (χ3v) is 8.29. The lowest BCUT2D eigenvalue weighted by Gasteiger charge is -2.32. The summed E-state index contributed by atoms with van der Waals surface area (Å²) in [5, 5.41) is 3.15. The summed E-state index contributed by atoms with van der Waals surface area (Å²) in [6, 6.07) is 6.90. The van der Waals surface area contributed by atoms with Crippen LogP contribution in [0.3, 0.4) is 0 Å². The van der Waals surface area contributed by atoms with Gasteiger partial charge >= 0.3 is 0 Å². The highest BCUT2D eigenvalue weighted by atomic mass is 32.1. The van der Waals surface area contributed by atoms with Gasteiger partial charge in [-0.25, -0.2) is 4.98 Å². The molecule has 4 rings (SSSR count). The molecule has 1 N–H and O–H groups in total. The first-order valence-corrected chi connectivity index (χ1v) is 14.1. The summed E-state index contributed by atoms with van der Waals surface area (Å²) in [5.41, 5.74) is 9.99. The molecule has 5 heteroatoms. The van der Waals surface area contributed by atoms with Gasteiger partial charge in [0.25, 0.3) is 5.91 Å². The molecule has 36 heavy (non-hydrogen) atoms. The van der Waals surface area contributed by atoms with Gasteiger partial charge in [-0.1, -0.05) is 64.1 Å². The number of hydrogen-bond donors (Lipinski definition) is 1. The Morgan fingerprint density at radius 2 is 2.03 bits per heavy atom. The lowest BCUT2D eigenvalue weighted by molar-refractivity contribution is 0.0708. The second-order valence-electron chi connectivity index (χ2n) is 10.4. The Morgan fingerprint density at radius 3 is 2.64 bits per heavy atom. The van der Waals surface area contributed by atoms with Crippen molar-refractivity contribution in [3.63, 3.8) is 0 Å². The highest BCUT2D eigenvalue weighted by Gasteiger charge is 2.26. The standard InChI is InChI=1S/C31H39N3OS/c1-7-9-25(16-22(6)21(5)8-2)30-29(20(3)4)26-17-24(10-11-27(26)33-30)23-12-14-34(15-13-23)31(35)28-18-36-19-32-28/h7,9-11,16-21,23,33H,1,8,12-15H2,2-6H3/b22-16-,25-9+. The topological polar surface area (TPSA) is 49.0 Å². The highest BCUT2D eigenvalue weighted by Crippen LogP contribution is 2.38. The fourth-order valence-electron chi connectivity index (χ4n) is 5.25. The number of amides is 1. The predicted molar refractivity (Wildman–Crippen MR) is 154 cm³/mol. The maximum Gasteiger partial charge on any atom is 0.273 e. The first-order chi connectivity index (χ1) is 17.3. The maximum atomic E-state index is 12.7. The molecule has 1 aliphatic heterocycles. The van der Waals surface area contributed by atoms with Crippen molar-refractivity contribution in [2.75, 3.05) is 13.1 Å². The summed E-state index contributed by atoms with van der Waals surface area (Å²) in [7, 11) is 0. The van der Waals surface area contributed by atoms with Crippen LogP contribution in [0, 0.1) is 5.92 Å². The van der Waals surface area contributed by atoms with Gasteiger partial charge in [-0.05, 0) is 72.8 Å². The molecule has 0 aliphatic carbocycles. The predicted octanol–water partition coefficient (Wildman–Crippen LogP) is 8.33. The Labute approximate surface area is 219 Å². The van der Waals surface area contributed by atoms with Crippen LogP contribution >= 0.6 is 11.3 Å². The summed E-state index contributed by atoms with van der Waals surface area (Å²) >= 11 is 1.47. The molecule has 1 unspecified atom stereocenters. The number of hydrogen-bond acceptors (Lipinski definition) is 3. The average molecular weight is 502 g/mol. The lowest BCUT2D eigenvalue weighted by Crippen LogP contribution is -2.38. The van der Waals surface area contributed by atoms with E-state index in [0.717, 1.165) is 32.4 Å². The van der Waals surface area contributed by atoms with Gasteiger partial charge in [0.1, 0.15) is 5.69 Å². The van der Waals surface area contributed by atoms with Gasteiger partial charge in [-0.15, -0.1) is 11.3 Å². The van der Waals surface area contributed by atoms with Crippen molar-refractivity contribution >= 4 is 33.7 Å². The Balaban J connectivity index is 1.63. The van der Waals surface area contributed by atoms with E-state index in [0.29, 0.717) is 23.4 Å². The smallest absolute Gasteiger partial charge is 0.273 e. The number of carbonyl (C=O) groups excluding carboxylic acids is 1. The molecular formula is C31H39N3OS. The van der Waals surface area contributed by atoms with Gasteiger partial charge in [0.15, 0.2) is 0 Å². The van der Waals surface area contributed by atoms with Crippen molar-refractivity contribution in [3.8, 4) is 0 Å². The number of benzene rings is 1. The monoisotopic (exact) mass is 501 g/mol. The molecule has 1 aliphatic rings. The Morgan fingerprint density at radius 1 is 1.28 bits per heavy atom. The van der Waals surface area contributed by atoms with Gasteiger partial charge in [0, 0.05) is 35.1 Å². The van der Waals surface area contributed by atoms with E-state index in [1.165, 1.54) is 50.2 Å². The Kier molecular flexibility index (Phi) is 8.30. The molecule has 1 fully saturated rings. The zero-order chi connectivity index (χ0) is 25.8. The molecule has 0 bridgehead atoms. The fraction of sp³-hybridized carbons (Fsp3) is 0.419. The maximum absolute atomic E-state index is 12.7. The first kappa shape index (κ1) is 26.2. The number of piperidine rings is 1. The molecule has 3 heterocycles. The van der Waals surface area contributed by atoms with Crippen LogP contribution in [0.1, 0.15) is 93.0 Å². The number of H-pyrrole nitrogens is 1. The third-order valence-electron chi connectivity index (χ3n) is 7.70. The number of fused-ring (bicyclic) bond motifs is 1. The Hall–Kier alpha value is -2.92. The zero-order valence-corrected chi connectivity index (χ0v) is 23.1. The second kappa shape index (κ2) is 11.4. The molecule has 1 amide bonds. The van der Waals surface area contributed by atoms with Gasteiger partial charge in [-0.2, -0.15) is 0 Å². The molecule has 0 saturated carbocycles. The molecular weight excluding hydrogens is 462 g/mol. The van der Waals surface area contributed by atoms with E-state index < -0.39 is 0 Å². The van der Waals surface area contributed by atoms with Gasteiger partial charge in [0.2, 0.25) is 0 Å². The van der Waals surface area contributed by atoms with Gasteiger partial charge in [-0.3, -0.25) is 4.79 Å². The zero-order valence-electron chi connectivity index (χ0n) is 22.3. The normalized spacial score (nSPS) is 16.7. The number of nitrogens with zero attached hydrogens (tertiary/aromatic N) is 2. The SMILES string of the molecule is C=C/C=C(\C=C(\C)C(C)CC)c1[nH]c2ccc(C3CCN(C(=O)c4cscn4)CC3)cc2c1C(C)C. The van der Waals surface area contributed by atoms with Crippen molar-refractivity contribution < 1.29 is 4.79 Å². The van der Waals surface area contributed by atoms with Gasteiger partial charge < -0.3 is 9.88 Å². The summed E-state index contributed by atoms with van der Waals surface area (Å²) < 4.78 is 0. The number of nitrogens with one attached hydrogen (secondary N) is 1. The minimum absolute atomic E-state index is 0.0600. The van der Waals surface area contributed by atoms with Crippen LogP contribution in [0.25, 0.3) is 16.5 Å². The minimum atomic E-state index is 0.0600. The third kappa shape index (κ3) is 5.41. The Bertz CT molecular complexity index is 1270. The highest BCUT2D eigenvalue weighted by molar-refractivity contribution is 7.07. The molecule has 1 aromatic carbocycles. The molecule has 190 valence electrons. The van der Waals surface area contributed by atoms with E-state index in [-0.39, 0.29) is 5.91 Å². The number of rotatable bonds is 8. The number of aromatic nitrogens is 2. The molecule has 1 atom stereocenters. The van der Waals surface area contributed by atoms with Crippen molar-refractivity contribution in [3.05, 3.63) is 82.0 Å². The summed E-state index contributed by atoms with van der Waals surface area (Å²) in [4.78, 5) is 22.6. The van der Waals surface area contributed by atoms with Crippen molar-refractivity contribution in [1.82, 2.24) is 14.9 Å². The molecule has 0 radical (unpaired) electrons. The van der Waals surface area contributed by atoms with Crippen LogP contribution < -0.4 is 0 Å². The molecule has 0 spiro atoms. The number of aromatic amines is 1. The molecule has 4 nitrogen and oxygen atoms in total. The van der Waals surface area contributed by atoms with E-state index in [1.54, 1.807) is 5.51 Å². The van der Waals surface area contributed by atoms with Crippen LogP contribution in [0.5, 0.6) is 0 Å². The number of likely N-dealkylation sites (tertiary alicyclic amines) is 1. The van der Waals surface area contributed by atoms with E-state index in [9.17, 15) is 4.79 Å². The van der Waals surface area contributed by atoms with E-state index in [1.807, 2.05) is 16.4 Å². The van der Waals surface area contributed by atoms with E-state index in [4.69, 9.17) is 0 Å². The number of thiazole rings is 1. The average Bonchev–Trinajstić information content (AvgIpc) is 3.55. The van der Waals surface area contributed by atoms with E-state index in [2.05, 4.69) is 81.5 Å². The van der Waals surface area contributed by atoms with Crippen molar-refractivity contribution in [2.45, 2.75) is 65.7 Å². The molecule has 2 aromatic heterocycles. The van der Waals surface area contributed by atoms with Crippen LogP contribution in [0.4, 0.5) is 0 Å². The van der Waals surface area contributed by atoms with Gasteiger partial charge in [0.05, 0.1) is 5.51 Å². The van der Waals surface area contributed by atoms with Crippen LogP contribution in [0.2, 0.25) is 0 Å². The quantitative estimate of drug-likeness (QED) is 0.315. The minimum Gasteiger partial charge on any atom is -0.354 e. The summed E-state index contributed by atoms with van der Waals surface area (Å²) in [6.07, 6.45) is 9.42. The van der Waals surface area contributed by atoms with Crippen LogP contribution in [-0.2, 0) is 0 Å². The number of carbonyl (C=O) groups is 1. The second-order valence-corrected chi connectivity index (χ2v) is 11.1. The van der Waals surface area contributed by atoms with Crippen LogP contribution in [-0.4, -0.2) is 33.9 Å². The summed E-state index contributed by atoms with van der Waals surface area (Å²) in [5.74, 6) is 1.45. The summed E-state index contributed by atoms with van der Waals surface area (Å²) in [6.45, 7) is 16.8. The van der Waals surface area contributed by atoms with E-state index >= 15 is 0 Å². The molecule has 3 aromatic rings. The first-order valence-electron chi connectivity index (χ1n) is 13.2. The number of allylic oxidation sites excluding steroid dienone is 5. The van der Waals surface area contributed by atoms with Crippen molar-refractivity contribution in [2.24, 2.45) is 5.92 Å². The lowest BCUT2D eigenvalue weighted by atomic mass is 9.87. The molecule has 1 saturated heterocycles.